The summed E-state index contributed by atoms with van der Waals surface area (Å²) in [5.41, 5.74) is -0.243. The van der Waals surface area contributed by atoms with Gasteiger partial charge in [-0.25, -0.2) is 0 Å². The van der Waals surface area contributed by atoms with Crippen LogP contribution in [-0.2, 0) is 4.79 Å². The Labute approximate surface area is 109 Å². The molecule has 0 bridgehead atoms. The first-order valence-electron chi connectivity index (χ1n) is 6.94. The first-order valence-corrected chi connectivity index (χ1v) is 6.94. The van der Waals surface area contributed by atoms with Crippen LogP contribution in [0.2, 0.25) is 0 Å². The number of carbonyl (C=O) groups excluding carboxylic acids is 1. The van der Waals surface area contributed by atoms with Crippen LogP contribution >= 0.6 is 0 Å². The molecule has 2 aliphatic carbocycles. The Bertz CT molecular complexity index is 372. The van der Waals surface area contributed by atoms with Crippen molar-refractivity contribution in [2.24, 2.45) is 23.7 Å². The Balaban J connectivity index is 2.36. The van der Waals surface area contributed by atoms with E-state index in [1.165, 1.54) is 0 Å². The lowest BCUT2D eigenvalue weighted by atomic mass is 9.58. The smallest absolute Gasteiger partial charge is 0.158 e. The molecule has 0 radical (unpaired) electrons. The Morgan fingerprint density at radius 2 is 2.17 bits per heavy atom. The summed E-state index contributed by atoms with van der Waals surface area (Å²) in [5.74, 6) is 1.28. The molecule has 0 amide bonds. The molecule has 3 nitrogen and oxygen atoms in total. The summed E-state index contributed by atoms with van der Waals surface area (Å²) in [6.07, 6.45) is 3.95. The minimum Gasteiger partial charge on any atom is -0.393 e. The van der Waals surface area contributed by atoms with Crippen LogP contribution in [-0.4, -0.2) is 28.2 Å². The van der Waals surface area contributed by atoms with Crippen molar-refractivity contribution in [3.63, 3.8) is 0 Å². The zero-order valence-corrected chi connectivity index (χ0v) is 11.5. The molecule has 0 aromatic rings. The molecule has 18 heavy (non-hydrogen) atoms. The van der Waals surface area contributed by atoms with Crippen LogP contribution in [0.5, 0.6) is 0 Å². The van der Waals surface area contributed by atoms with Gasteiger partial charge in [0.15, 0.2) is 5.78 Å². The van der Waals surface area contributed by atoms with Gasteiger partial charge in [0.05, 0.1) is 12.2 Å². The van der Waals surface area contributed by atoms with E-state index < -0.39 is 5.60 Å². The molecule has 1 saturated carbocycles. The Kier molecular flexibility index (Phi) is 3.65. The summed E-state index contributed by atoms with van der Waals surface area (Å²) >= 11 is 0. The van der Waals surface area contributed by atoms with Crippen molar-refractivity contribution in [3.8, 4) is 0 Å². The van der Waals surface area contributed by atoms with Gasteiger partial charge in [-0.15, -0.1) is 0 Å². The molecule has 0 aromatic carbocycles. The van der Waals surface area contributed by atoms with Gasteiger partial charge in [-0.2, -0.15) is 0 Å². The summed E-state index contributed by atoms with van der Waals surface area (Å²) in [6, 6.07) is 0. The van der Waals surface area contributed by atoms with Crippen LogP contribution < -0.4 is 0 Å². The van der Waals surface area contributed by atoms with Gasteiger partial charge in [0.2, 0.25) is 0 Å². The average molecular weight is 252 g/mol. The van der Waals surface area contributed by atoms with Crippen molar-refractivity contribution in [3.05, 3.63) is 11.6 Å². The lowest BCUT2D eigenvalue weighted by Gasteiger charge is -2.49. The second-order valence-corrected chi connectivity index (χ2v) is 6.37. The number of ketones is 1. The highest BCUT2D eigenvalue weighted by Crippen LogP contribution is 2.48. The molecule has 0 aliphatic heterocycles. The lowest BCUT2D eigenvalue weighted by Crippen LogP contribution is -2.53. The van der Waals surface area contributed by atoms with Crippen LogP contribution in [0, 0.1) is 23.7 Å². The third-order valence-corrected chi connectivity index (χ3v) is 4.98. The van der Waals surface area contributed by atoms with Crippen molar-refractivity contribution in [2.45, 2.75) is 45.6 Å². The number of hydrogen-bond acceptors (Lipinski definition) is 3. The first kappa shape index (κ1) is 13.8. The number of rotatable bonds is 2. The average Bonchev–Trinajstić information content (AvgIpc) is 2.32. The molecule has 4 atom stereocenters. The second kappa shape index (κ2) is 4.78. The summed E-state index contributed by atoms with van der Waals surface area (Å²) < 4.78 is 0. The van der Waals surface area contributed by atoms with Gasteiger partial charge in [-0.3, -0.25) is 4.79 Å². The highest BCUT2D eigenvalue weighted by atomic mass is 16.3. The van der Waals surface area contributed by atoms with Gasteiger partial charge in [0, 0.05) is 12.3 Å². The number of aliphatic hydroxyl groups is 2. The van der Waals surface area contributed by atoms with Crippen molar-refractivity contribution < 1.29 is 15.0 Å². The summed E-state index contributed by atoms with van der Waals surface area (Å²) in [6.45, 7) is 6.02. The van der Waals surface area contributed by atoms with Crippen LogP contribution in [0.3, 0.4) is 0 Å². The molecule has 0 heterocycles. The minimum atomic E-state index is -1.07. The predicted molar refractivity (Wildman–Crippen MR) is 70.0 cm³/mol. The fourth-order valence-electron chi connectivity index (χ4n) is 3.73. The predicted octanol–water partition coefficient (Wildman–Crippen LogP) is 1.93. The van der Waals surface area contributed by atoms with Gasteiger partial charge >= 0.3 is 0 Å². The monoisotopic (exact) mass is 252 g/mol. The lowest BCUT2D eigenvalue weighted by molar-refractivity contribution is -0.138. The summed E-state index contributed by atoms with van der Waals surface area (Å²) in [5, 5.41) is 20.0. The number of carbonyl (C=O) groups is 1. The molecule has 2 N–H and O–H groups in total. The Hall–Kier alpha value is -0.670. The van der Waals surface area contributed by atoms with Crippen molar-refractivity contribution in [1.82, 2.24) is 0 Å². The standard InChI is InChI=1S/C15H24O3/c1-9(2)11-4-5-15(18,8-16)13-7-14(17)10(3)6-12(11)13/h6,9,11-13,16,18H,4-5,7-8H2,1-3H3/t11-,12-,13+,15-/m0/s1. The largest absolute Gasteiger partial charge is 0.393 e. The van der Waals surface area contributed by atoms with E-state index in [4.69, 9.17) is 0 Å². The maximum atomic E-state index is 11.9. The number of allylic oxidation sites excluding steroid dienone is 2. The highest BCUT2D eigenvalue weighted by Gasteiger charge is 2.50. The third-order valence-electron chi connectivity index (χ3n) is 4.98. The normalized spacial score (nSPS) is 40.7. The molecular formula is C15H24O3. The van der Waals surface area contributed by atoms with E-state index in [1.54, 1.807) is 0 Å². The zero-order chi connectivity index (χ0) is 13.5. The van der Waals surface area contributed by atoms with Crippen molar-refractivity contribution in [2.75, 3.05) is 6.61 Å². The van der Waals surface area contributed by atoms with Crippen LogP contribution in [0.4, 0.5) is 0 Å². The summed E-state index contributed by atoms with van der Waals surface area (Å²) in [4.78, 5) is 11.9. The Morgan fingerprint density at radius 1 is 1.50 bits per heavy atom. The van der Waals surface area contributed by atoms with Gasteiger partial charge in [-0.05, 0) is 43.1 Å². The molecule has 2 aliphatic rings. The minimum absolute atomic E-state index is 0.111. The van der Waals surface area contributed by atoms with E-state index in [1.807, 2.05) is 13.0 Å². The van der Waals surface area contributed by atoms with Crippen LogP contribution in [0.1, 0.15) is 40.0 Å². The van der Waals surface area contributed by atoms with Gasteiger partial charge in [0.1, 0.15) is 0 Å². The topological polar surface area (TPSA) is 57.5 Å². The SMILES string of the molecule is CC1=C[C@@H]2[C@@H](CC1=O)[C@@](O)(CO)CC[C@H]2C(C)C. The molecule has 3 heteroatoms. The fourth-order valence-corrected chi connectivity index (χ4v) is 3.73. The molecule has 0 unspecified atom stereocenters. The Morgan fingerprint density at radius 3 is 2.72 bits per heavy atom. The highest BCUT2D eigenvalue weighted by molar-refractivity contribution is 5.95. The van der Waals surface area contributed by atoms with Gasteiger partial charge in [0.25, 0.3) is 0 Å². The number of hydrogen-bond donors (Lipinski definition) is 2. The van der Waals surface area contributed by atoms with E-state index >= 15 is 0 Å². The maximum absolute atomic E-state index is 11.9. The summed E-state index contributed by atoms with van der Waals surface area (Å²) in [7, 11) is 0. The second-order valence-electron chi connectivity index (χ2n) is 6.37. The van der Waals surface area contributed by atoms with E-state index in [9.17, 15) is 15.0 Å². The molecule has 0 aromatic heterocycles. The maximum Gasteiger partial charge on any atom is 0.158 e. The quantitative estimate of drug-likeness (QED) is 0.789. The number of fused-ring (bicyclic) bond motifs is 1. The zero-order valence-electron chi connectivity index (χ0n) is 11.5. The number of aliphatic hydroxyl groups excluding tert-OH is 1. The van der Waals surface area contributed by atoms with E-state index in [-0.39, 0.29) is 24.2 Å². The molecule has 1 fully saturated rings. The first-order chi connectivity index (χ1) is 8.39. The van der Waals surface area contributed by atoms with Crippen LogP contribution in [0.25, 0.3) is 0 Å². The molecule has 0 spiro atoms. The van der Waals surface area contributed by atoms with E-state index in [0.29, 0.717) is 24.7 Å². The van der Waals surface area contributed by atoms with Crippen LogP contribution in [0.15, 0.2) is 11.6 Å². The molecule has 102 valence electrons. The third kappa shape index (κ3) is 2.14. The van der Waals surface area contributed by atoms with Crippen molar-refractivity contribution in [1.29, 1.82) is 0 Å². The fraction of sp³-hybridized carbons (Fsp3) is 0.800. The van der Waals surface area contributed by atoms with E-state index in [2.05, 4.69) is 13.8 Å². The molecule has 0 saturated heterocycles. The van der Waals surface area contributed by atoms with Gasteiger partial charge in [-0.1, -0.05) is 19.9 Å². The van der Waals surface area contributed by atoms with Crippen molar-refractivity contribution >= 4 is 5.78 Å². The number of Topliss-reactive ketones (excluding diaryl/α,β-unsaturated/α-hetero) is 1. The van der Waals surface area contributed by atoms with Gasteiger partial charge < -0.3 is 10.2 Å². The molecule has 2 rings (SSSR count). The molecular weight excluding hydrogens is 228 g/mol. The van der Waals surface area contributed by atoms with E-state index in [0.717, 1.165) is 12.0 Å².